The summed E-state index contributed by atoms with van der Waals surface area (Å²) >= 11 is 0. The number of rotatable bonds is 4. The van der Waals surface area contributed by atoms with Gasteiger partial charge in [-0.25, -0.2) is 0 Å². The molecule has 0 spiro atoms. The van der Waals surface area contributed by atoms with Gasteiger partial charge in [-0.05, 0) is 0 Å². The van der Waals surface area contributed by atoms with E-state index >= 15 is 0 Å². The number of alkyl halides is 3. The van der Waals surface area contributed by atoms with Gasteiger partial charge in [0.05, 0.1) is 6.61 Å². The lowest BCUT2D eigenvalue weighted by atomic mass is 10.4. The van der Waals surface area contributed by atoms with Crippen molar-refractivity contribution < 1.29 is 27.4 Å². The first-order chi connectivity index (χ1) is 5.02. The minimum Gasteiger partial charge on any atom is -0.452 e. The normalized spacial score (nSPS) is 14.2. The van der Waals surface area contributed by atoms with E-state index in [1.807, 2.05) is 0 Å². The van der Waals surface area contributed by atoms with Gasteiger partial charge in [-0.1, -0.05) is 0 Å². The molecule has 0 aliphatic rings. The molecule has 0 aliphatic carbocycles. The van der Waals surface area contributed by atoms with Crippen LogP contribution in [0.2, 0.25) is 0 Å². The molecule has 66 valence electrons. The average Bonchev–Trinajstić information content (AvgIpc) is 1.85. The molecule has 0 saturated carbocycles. The highest BCUT2D eigenvalue weighted by Gasteiger charge is 2.41. The van der Waals surface area contributed by atoms with Crippen LogP contribution >= 0.6 is 0 Å². The average molecular weight is 172 g/mol. The topological polar surface area (TPSA) is 35.5 Å². The smallest absolute Gasteiger partial charge is 0.427 e. The Hall–Kier alpha value is -0.780. The standard InChI is InChI=1S/C5H7F3O3/c1-10-2-4(11-3-9)5(6,7)8/h3-4H,2H2,1H3. The van der Waals surface area contributed by atoms with Gasteiger partial charge in [0.25, 0.3) is 6.47 Å². The van der Waals surface area contributed by atoms with Crippen molar-refractivity contribution >= 4 is 6.47 Å². The molecule has 3 nitrogen and oxygen atoms in total. The van der Waals surface area contributed by atoms with Gasteiger partial charge < -0.3 is 9.47 Å². The molecule has 0 N–H and O–H groups in total. The van der Waals surface area contributed by atoms with Crippen molar-refractivity contribution in [3.63, 3.8) is 0 Å². The predicted octanol–water partition coefficient (Wildman–Crippen LogP) is 0.737. The molecular weight excluding hydrogens is 165 g/mol. The fourth-order valence-electron chi connectivity index (χ4n) is 0.429. The molecule has 0 amide bonds. The van der Waals surface area contributed by atoms with Gasteiger partial charge in [-0.15, -0.1) is 0 Å². The van der Waals surface area contributed by atoms with Crippen LogP contribution in [0.3, 0.4) is 0 Å². The molecule has 0 radical (unpaired) electrons. The lowest BCUT2D eigenvalue weighted by Gasteiger charge is -2.16. The minimum atomic E-state index is -4.56. The summed E-state index contributed by atoms with van der Waals surface area (Å²) in [5.41, 5.74) is 0. The van der Waals surface area contributed by atoms with E-state index in [0.29, 0.717) is 0 Å². The van der Waals surface area contributed by atoms with Gasteiger partial charge in [0, 0.05) is 7.11 Å². The van der Waals surface area contributed by atoms with Crippen LogP contribution in [0.4, 0.5) is 13.2 Å². The fraction of sp³-hybridized carbons (Fsp3) is 0.800. The summed E-state index contributed by atoms with van der Waals surface area (Å²) < 4.78 is 43.1. The first kappa shape index (κ1) is 10.2. The molecule has 6 heteroatoms. The van der Waals surface area contributed by atoms with E-state index in [4.69, 9.17) is 0 Å². The summed E-state index contributed by atoms with van der Waals surface area (Å²) in [6.45, 7) is -0.931. The van der Waals surface area contributed by atoms with Crippen LogP contribution in [0.5, 0.6) is 0 Å². The highest BCUT2D eigenvalue weighted by molar-refractivity contribution is 5.37. The third-order valence-electron chi connectivity index (χ3n) is 0.903. The van der Waals surface area contributed by atoms with E-state index in [1.54, 1.807) is 0 Å². The molecule has 0 bridgehead atoms. The second-order valence-corrected chi connectivity index (χ2v) is 1.72. The molecular formula is C5H7F3O3. The van der Waals surface area contributed by atoms with E-state index in [1.165, 1.54) is 0 Å². The third kappa shape index (κ3) is 3.82. The molecule has 0 fully saturated rings. The Balaban J connectivity index is 3.97. The molecule has 0 aromatic heterocycles. The Kier molecular flexibility index (Phi) is 3.88. The number of hydrogen-bond acceptors (Lipinski definition) is 3. The van der Waals surface area contributed by atoms with Crippen LogP contribution in [0.1, 0.15) is 0 Å². The lowest BCUT2D eigenvalue weighted by molar-refractivity contribution is -0.224. The highest BCUT2D eigenvalue weighted by Crippen LogP contribution is 2.22. The van der Waals surface area contributed by atoms with Gasteiger partial charge in [0.1, 0.15) is 0 Å². The number of carbonyl (C=O) groups is 1. The zero-order chi connectivity index (χ0) is 8.91. The van der Waals surface area contributed by atoms with E-state index in [0.717, 1.165) is 7.11 Å². The number of methoxy groups -OCH3 is 1. The second kappa shape index (κ2) is 4.17. The number of halogens is 3. The summed E-state index contributed by atoms with van der Waals surface area (Å²) in [6.07, 6.45) is -6.72. The largest absolute Gasteiger partial charge is 0.452 e. The van der Waals surface area contributed by atoms with Gasteiger partial charge >= 0.3 is 6.18 Å². The maximum atomic E-state index is 11.7. The van der Waals surface area contributed by atoms with Gasteiger partial charge in [0.15, 0.2) is 0 Å². The van der Waals surface area contributed by atoms with E-state index in [9.17, 15) is 18.0 Å². The highest BCUT2D eigenvalue weighted by atomic mass is 19.4. The van der Waals surface area contributed by atoms with Gasteiger partial charge in [0.2, 0.25) is 6.10 Å². The summed E-state index contributed by atoms with van der Waals surface area (Å²) in [6, 6.07) is 0. The molecule has 1 atom stereocenters. The van der Waals surface area contributed by atoms with E-state index in [2.05, 4.69) is 9.47 Å². The SMILES string of the molecule is COCC(OC=O)C(F)(F)F. The van der Waals surface area contributed by atoms with Crippen molar-refractivity contribution in [2.24, 2.45) is 0 Å². The lowest BCUT2D eigenvalue weighted by Crippen LogP contribution is -2.35. The van der Waals surface area contributed by atoms with Crippen molar-refractivity contribution in [2.75, 3.05) is 13.7 Å². The predicted molar refractivity (Wildman–Crippen MR) is 28.9 cm³/mol. The van der Waals surface area contributed by atoms with Crippen LogP contribution in [-0.2, 0) is 14.3 Å². The summed E-state index contributed by atoms with van der Waals surface area (Å²) in [4.78, 5) is 9.56. The second-order valence-electron chi connectivity index (χ2n) is 1.72. The number of ether oxygens (including phenoxy) is 2. The molecule has 0 aliphatic heterocycles. The van der Waals surface area contributed by atoms with Crippen LogP contribution < -0.4 is 0 Å². The first-order valence-electron chi connectivity index (χ1n) is 2.67. The molecule has 11 heavy (non-hydrogen) atoms. The van der Waals surface area contributed by atoms with Crippen LogP contribution in [-0.4, -0.2) is 32.5 Å². The van der Waals surface area contributed by atoms with Gasteiger partial charge in [-0.2, -0.15) is 13.2 Å². The third-order valence-corrected chi connectivity index (χ3v) is 0.903. The van der Waals surface area contributed by atoms with Crippen LogP contribution in [0.25, 0.3) is 0 Å². The monoisotopic (exact) mass is 172 g/mol. The fourth-order valence-corrected chi connectivity index (χ4v) is 0.429. The maximum absolute atomic E-state index is 11.7. The quantitative estimate of drug-likeness (QED) is 0.586. The van der Waals surface area contributed by atoms with Crippen LogP contribution in [0.15, 0.2) is 0 Å². The zero-order valence-corrected chi connectivity index (χ0v) is 5.72. The Labute approximate surface area is 61.1 Å². The Morgan fingerprint density at radius 2 is 2.09 bits per heavy atom. The molecule has 0 heterocycles. The summed E-state index contributed by atoms with van der Waals surface area (Å²) in [7, 11) is 1.09. The Morgan fingerprint density at radius 1 is 1.55 bits per heavy atom. The summed E-state index contributed by atoms with van der Waals surface area (Å²) in [5, 5.41) is 0. The molecule has 0 saturated heterocycles. The van der Waals surface area contributed by atoms with E-state index < -0.39 is 18.9 Å². The number of carbonyl (C=O) groups excluding carboxylic acids is 1. The van der Waals surface area contributed by atoms with Crippen molar-refractivity contribution in [2.45, 2.75) is 12.3 Å². The summed E-state index contributed by atoms with van der Waals surface area (Å²) in [5.74, 6) is 0. The zero-order valence-electron chi connectivity index (χ0n) is 5.72. The van der Waals surface area contributed by atoms with Crippen molar-refractivity contribution in [3.05, 3.63) is 0 Å². The number of hydrogen-bond donors (Lipinski definition) is 0. The molecule has 0 rings (SSSR count). The molecule has 0 aromatic carbocycles. The van der Waals surface area contributed by atoms with E-state index in [-0.39, 0.29) is 6.47 Å². The van der Waals surface area contributed by atoms with Crippen molar-refractivity contribution in [1.82, 2.24) is 0 Å². The van der Waals surface area contributed by atoms with Crippen molar-refractivity contribution in [1.29, 1.82) is 0 Å². The van der Waals surface area contributed by atoms with Gasteiger partial charge in [-0.3, -0.25) is 4.79 Å². The molecule has 0 aromatic rings. The minimum absolute atomic E-state index is 0.253. The molecule has 1 unspecified atom stereocenters. The van der Waals surface area contributed by atoms with Crippen molar-refractivity contribution in [3.8, 4) is 0 Å². The Morgan fingerprint density at radius 3 is 2.36 bits per heavy atom. The maximum Gasteiger partial charge on any atom is 0.427 e. The first-order valence-corrected chi connectivity index (χ1v) is 2.67. The Bertz CT molecular complexity index is 123. The van der Waals surface area contributed by atoms with Crippen LogP contribution in [0, 0.1) is 0 Å².